The number of hydrogen-bond donors (Lipinski definition) is 2. The number of aromatic amines is 1. The van der Waals surface area contributed by atoms with Gasteiger partial charge in [0.05, 0.1) is 12.5 Å². The van der Waals surface area contributed by atoms with Gasteiger partial charge in [-0.3, -0.25) is 14.4 Å². The van der Waals surface area contributed by atoms with Gasteiger partial charge in [-0.25, -0.2) is 4.98 Å². The van der Waals surface area contributed by atoms with Crippen LogP contribution in [0.2, 0.25) is 0 Å². The second-order valence-electron chi connectivity index (χ2n) is 5.63. The number of piperidine rings is 1. The van der Waals surface area contributed by atoms with E-state index in [4.69, 9.17) is 0 Å². The molecule has 1 aromatic rings. The van der Waals surface area contributed by atoms with E-state index in [0.29, 0.717) is 37.4 Å². The largest absolute Gasteiger partial charge is 0.349 e. The Hall–Kier alpha value is -2.18. The molecule has 7 heteroatoms. The average Bonchev–Trinajstić information content (AvgIpc) is 2.46. The summed E-state index contributed by atoms with van der Waals surface area (Å²) in [5.41, 5.74) is 0.388. The molecule has 1 fully saturated rings. The van der Waals surface area contributed by atoms with Crippen molar-refractivity contribution in [2.45, 2.75) is 39.7 Å². The molecule has 1 aliphatic rings. The summed E-state index contributed by atoms with van der Waals surface area (Å²) in [7, 11) is 0. The summed E-state index contributed by atoms with van der Waals surface area (Å²) in [6, 6.07) is 1.40. The molecule has 1 unspecified atom stereocenters. The molecule has 0 bridgehead atoms. The Bertz CT molecular complexity index is 611. The van der Waals surface area contributed by atoms with Crippen LogP contribution in [0.5, 0.6) is 0 Å². The molecule has 0 saturated carbocycles. The third-order valence-electron chi connectivity index (χ3n) is 3.71. The van der Waals surface area contributed by atoms with Crippen LogP contribution in [0.1, 0.15) is 37.7 Å². The average molecular weight is 306 g/mol. The fourth-order valence-electron chi connectivity index (χ4n) is 2.65. The first-order valence-electron chi connectivity index (χ1n) is 7.62. The fourth-order valence-corrected chi connectivity index (χ4v) is 2.65. The van der Waals surface area contributed by atoms with E-state index in [1.54, 1.807) is 11.8 Å². The molecular formula is C15H22N4O3. The Labute approximate surface area is 129 Å². The Morgan fingerprint density at radius 3 is 2.95 bits per heavy atom. The maximum Gasteiger partial charge on any atom is 0.251 e. The first-order chi connectivity index (χ1) is 10.5. The number of aromatic nitrogens is 2. The smallest absolute Gasteiger partial charge is 0.251 e. The van der Waals surface area contributed by atoms with Crippen molar-refractivity contribution in [1.29, 1.82) is 0 Å². The first-order valence-corrected chi connectivity index (χ1v) is 7.62. The Kier molecular flexibility index (Phi) is 5.30. The van der Waals surface area contributed by atoms with E-state index in [2.05, 4.69) is 15.3 Å². The molecule has 0 radical (unpaired) electrons. The number of hydrogen-bond acceptors (Lipinski definition) is 4. The highest BCUT2D eigenvalue weighted by atomic mass is 16.2. The number of amides is 2. The second kappa shape index (κ2) is 7.20. The number of aryl methyl sites for hydroxylation is 1. The molecule has 2 amide bonds. The van der Waals surface area contributed by atoms with Crippen molar-refractivity contribution >= 4 is 11.8 Å². The number of H-pyrrole nitrogens is 1. The van der Waals surface area contributed by atoms with Gasteiger partial charge in [-0.1, -0.05) is 6.92 Å². The Balaban J connectivity index is 1.91. The third-order valence-corrected chi connectivity index (χ3v) is 3.71. The van der Waals surface area contributed by atoms with Gasteiger partial charge in [-0.05, 0) is 19.8 Å². The van der Waals surface area contributed by atoms with Crippen LogP contribution in [0.4, 0.5) is 0 Å². The monoisotopic (exact) mass is 306 g/mol. The molecule has 1 atom stereocenters. The predicted molar refractivity (Wildman–Crippen MR) is 81.0 cm³/mol. The lowest BCUT2D eigenvalue weighted by Gasteiger charge is -2.31. The van der Waals surface area contributed by atoms with Crippen molar-refractivity contribution < 1.29 is 9.59 Å². The van der Waals surface area contributed by atoms with Crippen LogP contribution in [-0.4, -0.2) is 39.8 Å². The van der Waals surface area contributed by atoms with E-state index in [0.717, 1.165) is 6.42 Å². The SMILES string of the molecule is CCCN1CC(C(=O)NCc2nc(C)cc(=O)[nH]2)CCC1=O. The zero-order valence-electron chi connectivity index (χ0n) is 13.0. The lowest BCUT2D eigenvalue weighted by Crippen LogP contribution is -2.46. The van der Waals surface area contributed by atoms with Gasteiger partial charge in [0.25, 0.3) is 5.56 Å². The molecule has 120 valence electrons. The molecule has 0 aromatic carbocycles. The molecule has 0 aliphatic carbocycles. The van der Waals surface area contributed by atoms with Gasteiger partial charge in [0.15, 0.2) is 0 Å². The van der Waals surface area contributed by atoms with E-state index in [-0.39, 0.29) is 29.8 Å². The van der Waals surface area contributed by atoms with Crippen molar-refractivity contribution in [1.82, 2.24) is 20.2 Å². The van der Waals surface area contributed by atoms with Crippen LogP contribution >= 0.6 is 0 Å². The number of carbonyl (C=O) groups is 2. The standard InChI is InChI=1S/C15H22N4O3/c1-3-6-19-9-11(4-5-14(19)21)15(22)16-8-12-17-10(2)7-13(20)18-12/h7,11H,3-6,8-9H2,1-2H3,(H,16,22)(H,17,18,20). The molecule has 0 spiro atoms. The number of rotatable bonds is 5. The third kappa shape index (κ3) is 4.16. The summed E-state index contributed by atoms with van der Waals surface area (Å²) in [6.45, 7) is 5.09. The zero-order chi connectivity index (χ0) is 16.1. The van der Waals surface area contributed by atoms with E-state index in [1.165, 1.54) is 6.07 Å². The van der Waals surface area contributed by atoms with Gasteiger partial charge in [-0.15, -0.1) is 0 Å². The molecule has 7 nitrogen and oxygen atoms in total. The van der Waals surface area contributed by atoms with Crippen molar-refractivity contribution in [3.05, 3.63) is 27.9 Å². The highest BCUT2D eigenvalue weighted by Crippen LogP contribution is 2.18. The number of likely N-dealkylation sites (tertiary alicyclic amines) is 1. The first kappa shape index (κ1) is 16.2. The normalized spacial score (nSPS) is 18.4. The molecule has 1 saturated heterocycles. The van der Waals surface area contributed by atoms with Crippen LogP contribution in [0.15, 0.2) is 10.9 Å². The molecule has 2 heterocycles. The summed E-state index contributed by atoms with van der Waals surface area (Å²) in [6.07, 6.45) is 1.87. The summed E-state index contributed by atoms with van der Waals surface area (Å²) >= 11 is 0. The van der Waals surface area contributed by atoms with Crippen molar-refractivity contribution in [3.8, 4) is 0 Å². The van der Waals surface area contributed by atoms with Crippen LogP contribution in [0.25, 0.3) is 0 Å². The lowest BCUT2D eigenvalue weighted by atomic mass is 9.96. The maximum atomic E-state index is 12.2. The summed E-state index contributed by atoms with van der Waals surface area (Å²) < 4.78 is 0. The lowest BCUT2D eigenvalue weighted by molar-refractivity contribution is -0.138. The quantitative estimate of drug-likeness (QED) is 0.820. The van der Waals surface area contributed by atoms with Gasteiger partial charge in [0.2, 0.25) is 11.8 Å². The van der Waals surface area contributed by atoms with E-state index in [9.17, 15) is 14.4 Å². The summed E-state index contributed by atoms with van der Waals surface area (Å²) in [4.78, 5) is 43.9. The van der Waals surface area contributed by atoms with Crippen LogP contribution < -0.4 is 10.9 Å². The minimum atomic E-state index is -0.228. The van der Waals surface area contributed by atoms with E-state index >= 15 is 0 Å². The highest BCUT2D eigenvalue weighted by molar-refractivity contribution is 5.83. The summed E-state index contributed by atoms with van der Waals surface area (Å²) in [5, 5.41) is 2.79. The van der Waals surface area contributed by atoms with Crippen molar-refractivity contribution in [3.63, 3.8) is 0 Å². The number of carbonyl (C=O) groups excluding carboxylic acids is 2. The minimum absolute atomic E-state index is 0.0993. The number of nitrogens with zero attached hydrogens (tertiary/aromatic N) is 2. The molecular weight excluding hydrogens is 284 g/mol. The zero-order valence-corrected chi connectivity index (χ0v) is 13.0. The number of nitrogens with one attached hydrogen (secondary N) is 2. The highest BCUT2D eigenvalue weighted by Gasteiger charge is 2.29. The second-order valence-corrected chi connectivity index (χ2v) is 5.63. The maximum absolute atomic E-state index is 12.2. The van der Waals surface area contributed by atoms with Gasteiger partial charge in [-0.2, -0.15) is 0 Å². The molecule has 1 aromatic heterocycles. The van der Waals surface area contributed by atoms with Crippen LogP contribution in [0.3, 0.4) is 0 Å². The topological polar surface area (TPSA) is 95.2 Å². The van der Waals surface area contributed by atoms with Gasteiger partial charge in [0.1, 0.15) is 5.82 Å². The van der Waals surface area contributed by atoms with E-state index in [1.807, 2.05) is 6.92 Å². The van der Waals surface area contributed by atoms with Gasteiger partial charge < -0.3 is 15.2 Å². The predicted octanol–water partition coefficient (Wildman–Crippen LogP) is 0.343. The fraction of sp³-hybridized carbons (Fsp3) is 0.600. The van der Waals surface area contributed by atoms with Gasteiger partial charge >= 0.3 is 0 Å². The molecule has 2 rings (SSSR count). The van der Waals surface area contributed by atoms with Crippen molar-refractivity contribution in [2.24, 2.45) is 5.92 Å². The molecule has 22 heavy (non-hydrogen) atoms. The van der Waals surface area contributed by atoms with E-state index < -0.39 is 0 Å². The Morgan fingerprint density at radius 2 is 2.27 bits per heavy atom. The van der Waals surface area contributed by atoms with Crippen LogP contribution in [-0.2, 0) is 16.1 Å². The Morgan fingerprint density at radius 1 is 1.50 bits per heavy atom. The van der Waals surface area contributed by atoms with Crippen LogP contribution in [0, 0.1) is 12.8 Å². The molecule has 2 N–H and O–H groups in total. The minimum Gasteiger partial charge on any atom is -0.349 e. The molecule has 1 aliphatic heterocycles. The van der Waals surface area contributed by atoms with Crippen molar-refractivity contribution in [2.75, 3.05) is 13.1 Å². The summed E-state index contributed by atoms with van der Waals surface area (Å²) in [5.74, 6) is 0.268. The van der Waals surface area contributed by atoms with Gasteiger partial charge in [0, 0.05) is 31.3 Å².